The maximum atomic E-state index is 12.3. The second kappa shape index (κ2) is 9.93. The first-order chi connectivity index (χ1) is 13.9. The van der Waals surface area contributed by atoms with Crippen LogP contribution in [-0.4, -0.2) is 60.1 Å². The van der Waals surface area contributed by atoms with Gasteiger partial charge in [-0.3, -0.25) is 9.69 Å². The molecule has 2 heterocycles. The molecule has 160 valence electrons. The maximum Gasteiger partial charge on any atom is 0.413 e. The lowest BCUT2D eigenvalue weighted by molar-refractivity contribution is -0.138. The van der Waals surface area contributed by atoms with Gasteiger partial charge in [-0.05, 0) is 75.7 Å². The minimum atomic E-state index is -1.03. The first-order valence-corrected chi connectivity index (χ1v) is 10.4. The Bertz CT molecular complexity index is 690. The zero-order chi connectivity index (χ0) is 20.8. The number of nitrogens with one attached hydrogen (secondary N) is 1. The van der Waals surface area contributed by atoms with Crippen molar-refractivity contribution in [2.24, 2.45) is 11.7 Å². The van der Waals surface area contributed by atoms with E-state index in [-0.39, 0.29) is 18.6 Å². The zero-order valence-corrected chi connectivity index (χ0v) is 16.9. The third-order valence-corrected chi connectivity index (χ3v) is 5.76. The Balaban J connectivity index is 1.47. The smallest absolute Gasteiger partial charge is 0.413 e. The summed E-state index contributed by atoms with van der Waals surface area (Å²) in [6, 6.07) is 5.92. The quantitative estimate of drug-likeness (QED) is 0.575. The molecular formula is C21H31N3O5. The van der Waals surface area contributed by atoms with Crippen LogP contribution in [0, 0.1) is 5.92 Å². The second-order valence-corrected chi connectivity index (χ2v) is 7.93. The predicted octanol–water partition coefficient (Wildman–Crippen LogP) is 1.97. The van der Waals surface area contributed by atoms with Gasteiger partial charge >= 0.3 is 12.1 Å². The highest BCUT2D eigenvalue weighted by atomic mass is 16.7. The molecule has 1 aromatic rings. The predicted molar refractivity (Wildman–Crippen MR) is 108 cm³/mol. The summed E-state index contributed by atoms with van der Waals surface area (Å²) in [7, 11) is 0. The molecule has 0 aliphatic carbocycles. The Hall–Kier alpha value is -2.32. The van der Waals surface area contributed by atoms with Crippen molar-refractivity contribution in [3.63, 3.8) is 0 Å². The number of carbonyl (C=O) groups is 2. The van der Waals surface area contributed by atoms with E-state index in [4.69, 9.17) is 20.3 Å². The topological polar surface area (TPSA) is 114 Å². The lowest BCUT2D eigenvalue weighted by Crippen LogP contribution is -2.37. The number of nitrogens with zero attached hydrogens (tertiary/aromatic N) is 1. The van der Waals surface area contributed by atoms with Crippen molar-refractivity contribution in [2.45, 2.75) is 57.4 Å². The van der Waals surface area contributed by atoms with Crippen LogP contribution in [0.2, 0.25) is 0 Å². The third-order valence-electron chi connectivity index (χ3n) is 5.76. The van der Waals surface area contributed by atoms with Gasteiger partial charge in [0.25, 0.3) is 6.29 Å². The van der Waals surface area contributed by atoms with E-state index < -0.39 is 18.3 Å². The van der Waals surface area contributed by atoms with Gasteiger partial charge in [0.1, 0.15) is 17.8 Å². The van der Waals surface area contributed by atoms with Gasteiger partial charge in [-0.15, -0.1) is 0 Å². The molecule has 0 saturated carbocycles. The summed E-state index contributed by atoms with van der Waals surface area (Å²) in [5.74, 6) is 0.279. The van der Waals surface area contributed by atoms with Gasteiger partial charge in [0.2, 0.25) is 0 Å². The van der Waals surface area contributed by atoms with Crippen LogP contribution in [0.3, 0.4) is 0 Å². The number of piperidine rings is 1. The molecule has 8 nitrogen and oxygen atoms in total. The standard InChI is InChI=1S/C21H31N3O5/c1-14-20(28-17-6-4-16(5-7-17)13-18(22)19(25)26)29-21(27)24(14)12-2-3-15-8-10-23-11-9-15/h4-7,14-15,18,20,23H,2-3,8-13,22H2,1H3,(H,25,26). The van der Waals surface area contributed by atoms with E-state index in [1.807, 2.05) is 6.92 Å². The molecule has 3 rings (SSSR count). The number of nitrogens with two attached hydrogens (primary N) is 1. The van der Waals surface area contributed by atoms with Crippen molar-refractivity contribution in [3.8, 4) is 5.75 Å². The van der Waals surface area contributed by atoms with Gasteiger partial charge in [-0.2, -0.15) is 0 Å². The molecule has 4 N–H and O–H groups in total. The minimum absolute atomic E-state index is 0.171. The van der Waals surface area contributed by atoms with E-state index in [1.165, 1.54) is 12.8 Å². The molecule has 0 spiro atoms. The molecule has 29 heavy (non-hydrogen) atoms. The fourth-order valence-electron chi connectivity index (χ4n) is 3.90. The van der Waals surface area contributed by atoms with E-state index in [0.717, 1.165) is 37.4 Å². The van der Waals surface area contributed by atoms with Crippen molar-refractivity contribution < 1.29 is 24.2 Å². The number of amides is 1. The SMILES string of the molecule is CC1C(Oc2ccc(CC(N)C(=O)O)cc2)OC(=O)N1CCCC1CCNCC1. The van der Waals surface area contributed by atoms with Gasteiger partial charge in [-0.1, -0.05) is 12.1 Å². The van der Waals surface area contributed by atoms with Crippen LogP contribution >= 0.6 is 0 Å². The average molecular weight is 405 g/mol. The largest absolute Gasteiger partial charge is 0.480 e. The number of carbonyl (C=O) groups excluding carboxylic acids is 1. The highest BCUT2D eigenvalue weighted by Crippen LogP contribution is 2.25. The lowest BCUT2D eigenvalue weighted by atomic mass is 9.93. The Morgan fingerprint density at radius 2 is 2.03 bits per heavy atom. The van der Waals surface area contributed by atoms with E-state index in [1.54, 1.807) is 29.2 Å². The molecule has 8 heteroatoms. The number of hydrogen-bond acceptors (Lipinski definition) is 6. The monoisotopic (exact) mass is 405 g/mol. The molecule has 1 aromatic carbocycles. The fourth-order valence-corrected chi connectivity index (χ4v) is 3.90. The third kappa shape index (κ3) is 5.83. The number of rotatable bonds is 9. The number of carboxylic acids is 1. The van der Waals surface area contributed by atoms with Crippen molar-refractivity contribution in [2.75, 3.05) is 19.6 Å². The van der Waals surface area contributed by atoms with Crippen molar-refractivity contribution in [3.05, 3.63) is 29.8 Å². The van der Waals surface area contributed by atoms with Gasteiger partial charge in [0.15, 0.2) is 0 Å². The summed E-state index contributed by atoms with van der Waals surface area (Å²) in [4.78, 5) is 24.9. The molecule has 0 radical (unpaired) electrons. The number of carboxylic acid groups (broad SMARTS) is 1. The van der Waals surface area contributed by atoms with E-state index in [2.05, 4.69) is 5.32 Å². The first kappa shape index (κ1) is 21.4. The number of hydrogen-bond donors (Lipinski definition) is 3. The van der Waals surface area contributed by atoms with E-state index in [0.29, 0.717) is 12.3 Å². The van der Waals surface area contributed by atoms with Crippen molar-refractivity contribution in [1.82, 2.24) is 10.2 Å². The highest BCUT2D eigenvalue weighted by Gasteiger charge is 2.40. The van der Waals surface area contributed by atoms with Crippen LogP contribution < -0.4 is 15.8 Å². The normalized spacial score (nSPS) is 23.7. The van der Waals surface area contributed by atoms with E-state index in [9.17, 15) is 9.59 Å². The Labute approximate surface area is 171 Å². The first-order valence-electron chi connectivity index (χ1n) is 10.4. The summed E-state index contributed by atoms with van der Waals surface area (Å²) in [6.45, 7) is 4.78. The number of aliphatic carboxylic acids is 1. The van der Waals surface area contributed by atoms with Gasteiger partial charge in [0.05, 0.1) is 0 Å². The van der Waals surface area contributed by atoms with Crippen molar-refractivity contribution in [1.29, 1.82) is 0 Å². The summed E-state index contributed by atoms with van der Waals surface area (Å²) in [5.41, 5.74) is 6.37. The Morgan fingerprint density at radius 1 is 1.34 bits per heavy atom. The molecule has 2 fully saturated rings. The maximum absolute atomic E-state index is 12.3. The molecular weight excluding hydrogens is 374 g/mol. The Kier molecular flexibility index (Phi) is 7.33. The summed E-state index contributed by atoms with van der Waals surface area (Å²) in [6.07, 6.45) is 3.76. The number of cyclic esters (lactones) is 1. The van der Waals surface area contributed by atoms with Crippen LogP contribution in [-0.2, 0) is 16.0 Å². The highest BCUT2D eigenvalue weighted by molar-refractivity contribution is 5.73. The molecule has 2 aliphatic heterocycles. The fraction of sp³-hybridized carbons (Fsp3) is 0.619. The summed E-state index contributed by atoms with van der Waals surface area (Å²) >= 11 is 0. The van der Waals surface area contributed by atoms with Crippen LogP contribution in [0.25, 0.3) is 0 Å². The zero-order valence-electron chi connectivity index (χ0n) is 16.9. The van der Waals surface area contributed by atoms with Crippen molar-refractivity contribution >= 4 is 12.1 Å². The Morgan fingerprint density at radius 3 is 2.69 bits per heavy atom. The van der Waals surface area contributed by atoms with Crippen LogP contribution in [0.5, 0.6) is 5.75 Å². The molecule has 0 bridgehead atoms. The number of ether oxygens (including phenoxy) is 2. The van der Waals surface area contributed by atoms with Crippen LogP contribution in [0.4, 0.5) is 4.79 Å². The number of benzene rings is 1. The molecule has 1 amide bonds. The summed E-state index contributed by atoms with van der Waals surface area (Å²) in [5, 5.41) is 12.3. The lowest BCUT2D eigenvalue weighted by Gasteiger charge is -2.24. The average Bonchev–Trinajstić information content (AvgIpc) is 2.97. The van der Waals surface area contributed by atoms with Gasteiger partial charge < -0.3 is 25.6 Å². The van der Waals surface area contributed by atoms with E-state index >= 15 is 0 Å². The molecule has 0 aromatic heterocycles. The molecule has 3 unspecified atom stereocenters. The molecule has 2 aliphatic rings. The van der Waals surface area contributed by atoms with Gasteiger partial charge in [-0.25, -0.2) is 4.79 Å². The van der Waals surface area contributed by atoms with Crippen LogP contribution in [0.15, 0.2) is 24.3 Å². The van der Waals surface area contributed by atoms with Crippen LogP contribution in [0.1, 0.15) is 38.2 Å². The second-order valence-electron chi connectivity index (χ2n) is 7.93. The molecule has 3 atom stereocenters. The minimum Gasteiger partial charge on any atom is -0.480 e. The summed E-state index contributed by atoms with van der Waals surface area (Å²) < 4.78 is 11.3. The van der Waals surface area contributed by atoms with Gasteiger partial charge in [0, 0.05) is 6.54 Å². The molecule has 2 saturated heterocycles.